The molecule has 2 rings (SSSR count). The molecule has 1 atom stereocenters. The molecule has 1 heterocycles. The Bertz CT molecular complexity index is 392. The van der Waals surface area contributed by atoms with Crippen molar-refractivity contribution >= 4 is 33.2 Å². The zero-order valence-electron chi connectivity index (χ0n) is 10.4. The van der Waals surface area contributed by atoms with Crippen molar-refractivity contribution in [2.24, 2.45) is 11.8 Å². The second kappa shape index (κ2) is 5.62. The van der Waals surface area contributed by atoms with E-state index in [1.807, 2.05) is 0 Å². The summed E-state index contributed by atoms with van der Waals surface area (Å²) in [4.78, 5) is 2.45. The molecule has 1 unspecified atom stereocenters. The van der Waals surface area contributed by atoms with Gasteiger partial charge in [0.1, 0.15) is 0 Å². The molecular formula is C14H19BrClN. The van der Waals surface area contributed by atoms with Crippen molar-refractivity contribution in [3.8, 4) is 0 Å². The van der Waals surface area contributed by atoms with Gasteiger partial charge in [-0.15, -0.1) is 0 Å². The maximum absolute atomic E-state index is 6.25. The normalized spacial score (nSPS) is 20.3. The van der Waals surface area contributed by atoms with Crippen LogP contribution in [0.4, 0.5) is 5.69 Å². The van der Waals surface area contributed by atoms with E-state index in [4.69, 9.17) is 11.6 Å². The third-order valence-corrected chi connectivity index (χ3v) is 4.67. The molecule has 3 heteroatoms. The average molecular weight is 317 g/mol. The summed E-state index contributed by atoms with van der Waals surface area (Å²) in [6.07, 6.45) is 1.30. The Kier molecular flexibility index (Phi) is 4.37. The molecule has 1 saturated heterocycles. The first-order valence-electron chi connectivity index (χ1n) is 6.21. The van der Waals surface area contributed by atoms with Crippen molar-refractivity contribution < 1.29 is 0 Å². The number of hydrogen-bond acceptors (Lipinski definition) is 1. The van der Waals surface area contributed by atoms with E-state index in [1.54, 1.807) is 0 Å². The number of hydrogen-bond donors (Lipinski definition) is 0. The fourth-order valence-corrected chi connectivity index (χ4v) is 3.30. The fourth-order valence-electron chi connectivity index (χ4n) is 2.41. The van der Waals surface area contributed by atoms with Crippen molar-refractivity contribution in [2.45, 2.75) is 25.6 Å². The highest BCUT2D eigenvalue weighted by molar-refractivity contribution is 9.08. The molecule has 0 amide bonds. The molecule has 1 aliphatic heterocycles. The van der Waals surface area contributed by atoms with E-state index in [2.05, 4.69) is 52.9 Å². The topological polar surface area (TPSA) is 3.24 Å². The minimum atomic E-state index is 0.775. The first kappa shape index (κ1) is 13.2. The Balaban J connectivity index is 2.11. The molecule has 0 bridgehead atoms. The van der Waals surface area contributed by atoms with Gasteiger partial charge in [-0.1, -0.05) is 47.4 Å². The molecule has 1 fully saturated rings. The van der Waals surface area contributed by atoms with Crippen molar-refractivity contribution in [3.05, 3.63) is 28.8 Å². The highest BCUT2D eigenvalue weighted by Gasteiger charge is 2.25. The smallest absolute Gasteiger partial charge is 0.0467 e. The van der Waals surface area contributed by atoms with E-state index in [0.717, 1.165) is 34.3 Å². The summed E-state index contributed by atoms with van der Waals surface area (Å²) in [6, 6.07) is 6.40. The molecule has 0 spiro atoms. The van der Waals surface area contributed by atoms with Crippen LogP contribution in [0, 0.1) is 11.8 Å². The molecule has 94 valence electrons. The highest BCUT2D eigenvalue weighted by Crippen LogP contribution is 2.31. The Hall–Kier alpha value is -0.210. The maximum Gasteiger partial charge on any atom is 0.0467 e. The van der Waals surface area contributed by atoms with E-state index >= 15 is 0 Å². The lowest BCUT2D eigenvalue weighted by atomic mass is 9.95. The number of anilines is 1. The summed E-state index contributed by atoms with van der Waals surface area (Å²) in [7, 11) is 0. The lowest BCUT2D eigenvalue weighted by Crippen LogP contribution is -2.21. The first-order valence-corrected chi connectivity index (χ1v) is 7.71. The second-order valence-electron chi connectivity index (χ2n) is 5.15. The van der Waals surface area contributed by atoms with Crippen molar-refractivity contribution in [3.63, 3.8) is 0 Å². The zero-order valence-corrected chi connectivity index (χ0v) is 12.8. The predicted molar refractivity (Wildman–Crippen MR) is 79.2 cm³/mol. The monoisotopic (exact) mass is 315 g/mol. The van der Waals surface area contributed by atoms with Gasteiger partial charge in [0.05, 0.1) is 0 Å². The molecule has 1 aliphatic rings. The molecule has 1 aromatic carbocycles. The van der Waals surface area contributed by atoms with Gasteiger partial charge in [-0.2, -0.15) is 0 Å². The molecule has 17 heavy (non-hydrogen) atoms. The fraction of sp³-hybridized carbons (Fsp3) is 0.571. The van der Waals surface area contributed by atoms with Gasteiger partial charge in [-0.3, -0.25) is 0 Å². The minimum Gasteiger partial charge on any atom is -0.371 e. The lowest BCUT2D eigenvalue weighted by molar-refractivity contribution is 0.423. The van der Waals surface area contributed by atoms with Gasteiger partial charge < -0.3 is 4.90 Å². The van der Waals surface area contributed by atoms with Gasteiger partial charge >= 0.3 is 0 Å². The SMILES string of the molecule is CC(C)C1CCN(c2ccc(CBr)c(Cl)c2)C1. The van der Waals surface area contributed by atoms with Crippen molar-refractivity contribution in [1.82, 2.24) is 0 Å². The van der Waals surface area contributed by atoms with Gasteiger partial charge in [0.15, 0.2) is 0 Å². The number of halogens is 2. The predicted octanol–water partition coefficient (Wildman–Crippen LogP) is 4.72. The largest absolute Gasteiger partial charge is 0.371 e. The molecular weight excluding hydrogens is 298 g/mol. The number of alkyl halides is 1. The standard InChI is InChI=1S/C14H19BrClN/c1-10(2)12-5-6-17(9-12)13-4-3-11(8-15)14(16)7-13/h3-4,7,10,12H,5-6,8-9H2,1-2H3. The second-order valence-corrected chi connectivity index (χ2v) is 6.12. The van der Waals surface area contributed by atoms with Crippen LogP contribution in [0.3, 0.4) is 0 Å². The Labute approximate surface area is 117 Å². The van der Waals surface area contributed by atoms with Crippen LogP contribution < -0.4 is 4.90 Å². The van der Waals surface area contributed by atoms with Crippen LogP contribution in [0.25, 0.3) is 0 Å². The van der Waals surface area contributed by atoms with Crippen LogP contribution in [0.1, 0.15) is 25.8 Å². The highest BCUT2D eigenvalue weighted by atomic mass is 79.9. The summed E-state index contributed by atoms with van der Waals surface area (Å²) in [6.45, 7) is 6.96. The molecule has 0 aliphatic carbocycles. The Morgan fingerprint density at radius 2 is 2.24 bits per heavy atom. The van der Waals surface area contributed by atoms with E-state index in [0.29, 0.717) is 0 Å². The molecule has 1 nitrogen and oxygen atoms in total. The molecule has 1 aromatic rings. The van der Waals surface area contributed by atoms with Gasteiger partial charge in [0.25, 0.3) is 0 Å². The third-order valence-electron chi connectivity index (χ3n) is 3.71. The summed E-state index contributed by atoms with van der Waals surface area (Å²) in [5.74, 6) is 1.60. The summed E-state index contributed by atoms with van der Waals surface area (Å²) in [5.41, 5.74) is 2.43. The summed E-state index contributed by atoms with van der Waals surface area (Å²) < 4.78 is 0. The lowest BCUT2D eigenvalue weighted by Gasteiger charge is -2.20. The van der Waals surface area contributed by atoms with Crippen LogP contribution in [0.15, 0.2) is 18.2 Å². The summed E-state index contributed by atoms with van der Waals surface area (Å²) in [5, 5.41) is 1.69. The Morgan fingerprint density at radius 1 is 1.47 bits per heavy atom. The van der Waals surface area contributed by atoms with E-state index < -0.39 is 0 Å². The van der Waals surface area contributed by atoms with Crippen LogP contribution >= 0.6 is 27.5 Å². The van der Waals surface area contributed by atoms with Crippen LogP contribution in [0.2, 0.25) is 5.02 Å². The minimum absolute atomic E-state index is 0.775. The van der Waals surface area contributed by atoms with Gasteiger partial charge in [0, 0.05) is 29.1 Å². The van der Waals surface area contributed by atoms with E-state index in [9.17, 15) is 0 Å². The molecule has 0 saturated carbocycles. The molecule has 0 N–H and O–H groups in total. The van der Waals surface area contributed by atoms with Gasteiger partial charge in [0.2, 0.25) is 0 Å². The van der Waals surface area contributed by atoms with Crippen molar-refractivity contribution in [2.75, 3.05) is 18.0 Å². The number of nitrogens with zero attached hydrogens (tertiary/aromatic N) is 1. The average Bonchev–Trinajstić information content (AvgIpc) is 2.78. The maximum atomic E-state index is 6.25. The van der Waals surface area contributed by atoms with Gasteiger partial charge in [-0.05, 0) is 36.0 Å². The van der Waals surface area contributed by atoms with Crippen molar-refractivity contribution in [1.29, 1.82) is 0 Å². The molecule has 0 aromatic heterocycles. The summed E-state index contributed by atoms with van der Waals surface area (Å²) >= 11 is 9.70. The van der Waals surface area contributed by atoms with Crippen LogP contribution in [0.5, 0.6) is 0 Å². The van der Waals surface area contributed by atoms with Crippen LogP contribution in [-0.2, 0) is 5.33 Å². The molecule has 0 radical (unpaired) electrons. The first-order chi connectivity index (χ1) is 8.11. The van der Waals surface area contributed by atoms with E-state index in [1.165, 1.54) is 18.7 Å². The zero-order chi connectivity index (χ0) is 12.4. The number of rotatable bonds is 3. The van der Waals surface area contributed by atoms with Gasteiger partial charge in [-0.25, -0.2) is 0 Å². The van der Waals surface area contributed by atoms with E-state index in [-0.39, 0.29) is 0 Å². The third kappa shape index (κ3) is 2.97. The quantitative estimate of drug-likeness (QED) is 0.730. The Morgan fingerprint density at radius 3 is 2.76 bits per heavy atom. The number of benzene rings is 1. The van der Waals surface area contributed by atoms with Crippen LogP contribution in [-0.4, -0.2) is 13.1 Å².